The number of anilines is 1. The third-order valence-corrected chi connectivity index (χ3v) is 3.92. The second kappa shape index (κ2) is 5.16. The van der Waals surface area contributed by atoms with Gasteiger partial charge in [0.25, 0.3) is 5.91 Å². The summed E-state index contributed by atoms with van der Waals surface area (Å²) in [5.74, 6) is -0.165. The molecular formula is C11H7ClINOS. The van der Waals surface area contributed by atoms with Gasteiger partial charge in [-0.2, -0.15) is 0 Å². The summed E-state index contributed by atoms with van der Waals surface area (Å²) in [6, 6.07) is 9.33. The number of halogens is 2. The minimum atomic E-state index is -0.165. The van der Waals surface area contributed by atoms with Crippen LogP contribution in [-0.4, -0.2) is 5.91 Å². The van der Waals surface area contributed by atoms with Gasteiger partial charge in [0.05, 0.1) is 5.02 Å². The molecule has 5 heteroatoms. The number of thiophene rings is 1. The molecule has 0 unspecified atom stereocenters. The quantitative estimate of drug-likeness (QED) is 0.794. The van der Waals surface area contributed by atoms with Crippen LogP contribution in [-0.2, 0) is 0 Å². The Bertz CT molecular complexity index is 526. The summed E-state index contributed by atoms with van der Waals surface area (Å²) in [6.45, 7) is 0. The zero-order chi connectivity index (χ0) is 11.5. The van der Waals surface area contributed by atoms with Crippen molar-refractivity contribution in [2.24, 2.45) is 0 Å². The highest BCUT2D eigenvalue weighted by Gasteiger charge is 2.11. The van der Waals surface area contributed by atoms with Crippen LogP contribution < -0.4 is 5.32 Å². The van der Waals surface area contributed by atoms with E-state index in [0.29, 0.717) is 9.90 Å². The number of benzene rings is 1. The number of nitrogens with one attached hydrogen (secondary N) is 1. The van der Waals surface area contributed by atoms with Crippen LogP contribution in [0.25, 0.3) is 0 Å². The van der Waals surface area contributed by atoms with E-state index in [4.69, 9.17) is 11.6 Å². The van der Waals surface area contributed by atoms with Gasteiger partial charge in [0.1, 0.15) is 4.88 Å². The second-order valence-electron chi connectivity index (χ2n) is 3.06. The summed E-state index contributed by atoms with van der Waals surface area (Å²) in [7, 11) is 0. The van der Waals surface area contributed by atoms with Crippen LogP contribution in [0, 0.1) is 3.57 Å². The van der Waals surface area contributed by atoms with Crippen molar-refractivity contribution >= 4 is 57.1 Å². The molecule has 0 radical (unpaired) electrons. The number of carbonyl (C=O) groups is 1. The topological polar surface area (TPSA) is 29.1 Å². The molecule has 2 aromatic rings. The highest BCUT2D eigenvalue weighted by molar-refractivity contribution is 14.1. The first-order valence-corrected chi connectivity index (χ1v) is 6.80. The van der Waals surface area contributed by atoms with E-state index >= 15 is 0 Å². The monoisotopic (exact) mass is 363 g/mol. The van der Waals surface area contributed by atoms with Gasteiger partial charge in [-0.1, -0.05) is 17.7 Å². The fraction of sp³-hybridized carbons (Fsp3) is 0. The Balaban J connectivity index is 2.17. The van der Waals surface area contributed by atoms with E-state index in [9.17, 15) is 4.79 Å². The summed E-state index contributed by atoms with van der Waals surface area (Å²) < 4.78 is 1.08. The van der Waals surface area contributed by atoms with E-state index in [-0.39, 0.29) is 5.91 Å². The van der Waals surface area contributed by atoms with Crippen LogP contribution in [0.3, 0.4) is 0 Å². The minimum absolute atomic E-state index is 0.165. The van der Waals surface area contributed by atoms with Crippen LogP contribution in [0.15, 0.2) is 35.7 Å². The molecule has 0 bridgehead atoms. The third kappa shape index (κ3) is 2.75. The van der Waals surface area contributed by atoms with Crippen molar-refractivity contribution < 1.29 is 4.79 Å². The Hall–Kier alpha value is -0.590. The molecule has 0 aliphatic rings. The molecule has 2 rings (SSSR count). The minimum Gasteiger partial charge on any atom is -0.321 e. The summed E-state index contributed by atoms with van der Waals surface area (Å²) in [6.07, 6.45) is 0. The molecule has 82 valence electrons. The van der Waals surface area contributed by atoms with E-state index in [1.807, 2.05) is 24.3 Å². The first-order valence-electron chi connectivity index (χ1n) is 4.47. The largest absolute Gasteiger partial charge is 0.321 e. The molecule has 1 aromatic carbocycles. The van der Waals surface area contributed by atoms with Gasteiger partial charge < -0.3 is 5.32 Å². The molecule has 0 spiro atoms. The molecule has 16 heavy (non-hydrogen) atoms. The molecular weight excluding hydrogens is 357 g/mol. The normalized spacial score (nSPS) is 10.1. The third-order valence-electron chi connectivity index (χ3n) is 1.91. The van der Waals surface area contributed by atoms with Crippen molar-refractivity contribution in [2.45, 2.75) is 0 Å². The van der Waals surface area contributed by atoms with Crippen LogP contribution in [0.1, 0.15) is 9.67 Å². The highest BCUT2D eigenvalue weighted by Crippen LogP contribution is 2.23. The Kier molecular flexibility index (Phi) is 3.83. The zero-order valence-electron chi connectivity index (χ0n) is 8.04. The lowest BCUT2D eigenvalue weighted by Gasteiger charge is -2.04. The first kappa shape index (κ1) is 11.9. The maximum Gasteiger partial charge on any atom is 0.267 e. The molecule has 0 atom stereocenters. The molecule has 0 saturated carbocycles. The molecule has 0 aliphatic heterocycles. The Labute approximate surface area is 116 Å². The molecule has 1 heterocycles. The van der Waals surface area contributed by atoms with Gasteiger partial charge in [0, 0.05) is 9.26 Å². The average Bonchev–Trinajstić information content (AvgIpc) is 2.64. The summed E-state index contributed by atoms with van der Waals surface area (Å²) >= 11 is 9.41. The molecule has 1 aromatic heterocycles. The highest BCUT2D eigenvalue weighted by atomic mass is 127. The summed E-state index contributed by atoms with van der Waals surface area (Å²) in [4.78, 5) is 12.4. The van der Waals surface area contributed by atoms with Gasteiger partial charge in [-0.3, -0.25) is 4.79 Å². The Morgan fingerprint density at radius 3 is 2.81 bits per heavy atom. The van der Waals surface area contributed by atoms with E-state index in [1.165, 1.54) is 11.3 Å². The summed E-state index contributed by atoms with van der Waals surface area (Å²) in [5, 5.41) is 5.10. The molecule has 0 saturated heterocycles. The van der Waals surface area contributed by atoms with Gasteiger partial charge in [-0.15, -0.1) is 11.3 Å². The van der Waals surface area contributed by atoms with E-state index in [0.717, 1.165) is 9.26 Å². The molecule has 0 fully saturated rings. The van der Waals surface area contributed by atoms with E-state index in [2.05, 4.69) is 27.9 Å². The average molecular weight is 364 g/mol. The predicted molar refractivity (Wildman–Crippen MR) is 76.4 cm³/mol. The van der Waals surface area contributed by atoms with Crippen molar-refractivity contribution in [3.05, 3.63) is 49.2 Å². The van der Waals surface area contributed by atoms with Gasteiger partial charge in [-0.25, -0.2) is 0 Å². The number of hydrogen-bond acceptors (Lipinski definition) is 2. The van der Waals surface area contributed by atoms with Crippen LogP contribution in [0.4, 0.5) is 5.69 Å². The van der Waals surface area contributed by atoms with Crippen molar-refractivity contribution in [2.75, 3.05) is 5.32 Å². The van der Waals surface area contributed by atoms with Crippen LogP contribution >= 0.6 is 45.5 Å². The fourth-order valence-corrected chi connectivity index (χ4v) is 2.79. The van der Waals surface area contributed by atoms with Crippen LogP contribution in [0.5, 0.6) is 0 Å². The Morgan fingerprint density at radius 2 is 2.19 bits per heavy atom. The van der Waals surface area contributed by atoms with Gasteiger partial charge in [0.15, 0.2) is 0 Å². The van der Waals surface area contributed by atoms with Crippen molar-refractivity contribution in [1.82, 2.24) is 0 Å². The van der Waals surface area contributed by atoms with Gasteiger partial charge >= 0.3 is 0 Å². The van der Waals surface area contributed by atoms with E-state index < -0.39 is 0 Å². The maximum atomic E-state index is 11.8. The maximum absolute atomic E-state index is 11.8. The lowest BCUT2D eigenvalue weighted by molar-refractivity contribution is 0.103. The van der Waals surface area contributed by atoms with Crippen molar-refractivity contribution in [3.63, 3.8) is 0 Å². The smallest absolute Gasteiger partial charge is 0.267 e. The van der Waals surface area contributed by atoms with Crippen molar-refractivity contribution in [1.29, 1.82) is 0 Å². The van der Waals surface area contributed by atoms with E-state index in [1.54, 1.807) is 11.4 Å². The lowest BCUT2D eigenvalue weighted by atomic mass is 10.3. The molecule has 0 aliphatic carbocycles. The number of amides is 1. The standard InChI is InChI=1S/C11H7ClINOS/c12-9-4-5-16-10(9)11(15)14-8-3-1-2-7(13)6-8/h1-6H,(H,14,15). The molecule has 2 nitrogen and oxygen atoms in total. The van der Waals surface area contributed by atoms with Gasteiger partial charge in [-0.05, 0) is 52.2 Å². The molecule has 1 amide bonds. The number of rotatable bonds is 2. The fourth-order valence-electron chi connectivity index (χ4n) is 1.21. The number of hydrogen-bond donors (Lipinski definition) is 1. The Morgan fingerprint density at radius 1 is 1.38 bits per heavy atom. The molecule has 1 N–H and O–H groups in total. The zero-order valence-corrected chi connectivity index (χ0v) is 11.8. The van der Waals surface area contributed by atoms with Crippen LogP contribution in [0.2, 0.25) is 5.02 Å². The summed E-state index contributed by atoms with van der Waals surface area (Å²) in [5.41, 5.74) is 0.779. The second-order valence-corrected chi connectivity index (χ2v) is 5.63. The van der Waals surface area contributed by atoms with Crippen molar-refractivity contribution in [3.8, 4) is 0 Å². The SMILES string of the molecule is O=C(Nc1cccc(I)c1)c1sccc1Cl. The first-order chi connectivity index (χ1) is 7.66. The predicted octanol–water partition coefficient (Wildman–Crippen LogP) is 4.26. The van der Waals surface area contributed by atoms with Gasteiger partial charge in [0.2, 0.25) is 0 Å². The lowest BCUT2D eigenvalue weighted by Crippen LogP contribution is -2.10. The number of carbonyl (C=O) groups excluding carboxylic acids is 1.